The Bertz CT molecular complexity index is 663. The average molecular weight is 391 g/mol. The SMILES string of the molecule is CCCCCCCC(=O)c1ccc(O)c(C(=O)OC(C)(C)C2CC[NH2+]CC2)c1. The van der Waals surface area contributed by atoms with Gasteiger partial charge in [0.25, 0.3) is 0 Å². The highest BCUT2D eigenvalue weighted by Gasteiger charge is 2.36. The molecule has 0 aromatic heterocycles. The fourth-order valence-electron chi connectivity index (χ4n) is 3.91. The van der Waals surface area contributed by atoms with Crippen molar-refractivity contribution in [3.05, 3.63) is 29.3 Å². The van der Waals surface area contributed by atoms with Crippen molar-refractivity contribution in [1.29, 1.82) is 0 Å². The number of phenols is 1. The molecule has 0 unspecified atom stereocenters. The van der Waals surface area contributed by atoms with E-state index in [9.17, 15) is 14.7 Å². The molecule has 1 aliphatic rings. The van der Waals surface area contributed by atoms with Crippen molar-refractivity contribution in [3.63, 3.8) is 0 Å². The van der Waals surface area contributed by atoms with Crippen molar-refractivity contribution < 1.29 is 24.7 Å². The maximum absolute atomic E-state index is 12.7. The highest BCUT2D eigenvalue weighted by atomic mass is 16.6. The first-order valence-corrected chi connectivity index (χ1v) is 10.8. The van der Waals surface area contributed by atoms with Gasteiger partial charge in [0.1, 0.15) is 16.9 Å². The summed E-state index contributed by atoms with van der Waals surface area (Å²) >= 11 is 0. The van der Waals surface area contributed by atoms with Crippen molar-refractivity contribution in [2.75, 3.05) is 13.1 Å². The number of hydrogen-bond donors (Lipinski definition) is 2. The number of Topliss-reactive ketones (excluding diaryl/α,β-unsaturated/α-hetero) is 1. The number of unbranched alkanes of at least 4 members (excludes halogenated alkanes) is 4. The zero-order valence-electron chi connectivity index (χ0n) is 17.6. The molecule has 0 bridgehead atoms. The number of esters is 1. The standard InChI is InChI=1S/C23H35NO4/c1-4-5-6-7-8-9-20(25)17-10-11-21(26)19(16-17)22(27)28-23(2,3)18-12-14-24-15-13-18/h10-11,16,18,24,26H,4-9,12-15H2,1-3H3/p+1. The minimum atomic E-state index is -0.600. The fraction of sp³-hybridized carbons (Fsp3) is 0.652. The van der Waals surface area contributed by atoms with Gasteiger partial charge in [-0.3, -0.25) is 4.79 Å². The van der Waals surface area contributed by atoms with E-state index in [0.29, 0.717) is 17.9 Å². The van der Waals surface area contributed by atoms with Gasteiger partial charge in [-0.05, 0) is 38.5 Å². The number of hydrogen-bond acceptors (Lipinski definition) is 4. The summed E-state index contributed by atoms with van der Waals surface area (Å²) < 4.78 is 5.78. The molecule has 0 spiro atoms. The molecule has 0 radical (unpaired) electrons. The van der Waals surface area contributed by atoms with E-state index in [2.05, 4.69) is 12.2 Å². The van der Waals surface area contributed by atoms with Crippen LogP contribution in [0.2, 0.25) is 0 Å². The van der Waals surface area contributed by atoms with Crippen LogP contribution in [0.4, 0.5) is 0 Å². The van der Waals surface area contributed by atoms with Gasteiger partial charge < -0.3 is 15.2 Å². The Morgan fingerprint density at radius 1 is 1.14 bits per heavy atom. The quantitative estimate of drug-likeness (QED) is 0.361. The Morgan fingerprint density at radius 2 is 1.82 bits per heavy atom. The molecule has 1 fully saturated rings. The Balaban J connectivity index is 2.01. The third kappa shape index (κ3) is 6.33. The van der Waals surface area contributed by atoms with Gasteiger partial charge in [-0.1, -0.05) is 32.6 Å². The van der Waals surface area contributed by atoms with Gasteiger partial charge in [-0.2, -0.15) is 0 Å². The summed E-state index contributed by atoms with van der Waals surface area (Å²) in [7, 11) is 0. The van der Waals surface area contributed by atoms with E-state index in [-0.39, 0.29) is 17.1 Å². The monoisotopic (exact) mass is 390 g/mol. The molecule has 1 aromatic carbocycles. The Kier molecular flexibility index (Phi) is 8.49. The molecule has 0 aliphatic carbocycles. The number of benzene rings is 1. The Hall–Kier alpha value is -1.88. The lowest BCUT2D eigenvalue weighted by Gasteiger charge is -2.35. The van der Waals surface area contributed by atoms with Crippen LogP contribution in [0, 0.1) is 5.92 Å². The van der Waals surface area contributed by atoms with E-state index in [1.54, 1.807) is 6.07 Å². The number of piperidine rings is 1. The molecule has 1 saturated heterocycles. The zero-order chi connectivity index (χ0) is 20.6. The first-order chi connectivity index (χ1) is 13.3. The van der Waals surface area contributed by atoms with Gasteiger partial charge in [-0.15, -0.1) is 0 Å². The first-order valence-electron chi connectivity index (χ1n) is 10.8. The minimum absolute atomic E-state index is 0.00706. The third-order valence-electron chi connectivity index (χ3n) is 5.82. The number of ketones is 1. The van der Waals surface area contributed by atoms with Crippen LogP contribution >= 0.6 is 0 Å². The van der Waals surface area contributed by atoms with E-state index in [1.165, 1.54) is 25.0 Å². The molecule has 1 heterocycles. The van der Waals surface area contributed by atoms with Gasteiger partial charge >= 0.3 is 5.97 Å². The Labute approximate surface area is 168 Å². The number of phenolic OH excluding ortho intramolecular Hbond substituents is 1. The van der Waals surface area contributed by atoms with Gasteiger partial charge in [0.15, 0.2) is 5.78 Å². The molecule has 0 saturated carbocycles. The molecule has 0 amide bonds. The van der Waals surface area contributed by atoms with E-state index in [1.807, 2.05) is 13.8 Å². The van der Waals surface area contributed by atoms with Crippen molar-refractivity contribution in [1.82, 2.24) is 0 Å². The summed E-state index contributed by atoms with van der Waals surface area (Å²) in [4.78, 5) is 25.2. The molecule has 0 atom stereocenters. The highest BCUT2D eigenvalue weighted by molar-refractivity contribution is 6.00. The summed E-state index contributed by atoms with van der Waals surface area (Å²) in [6, 6.07) is 4.49. The molecule has 1 aromatic rings. The largest absolute Gasteiger partial charge is 0.507 e. The molecule has 2 rings (SSSR count). The molecular formula is C23H36NO4+. The fourth-order valence-corrected chi connectivity index (χ4v) is 3.91. The highest BCUT2D eigenvalue weighted by Crippen LogP contribution is 2.30. The lowest BCUT2D eigenvalue weighted by Crippen LogP contribution is -2.86. The predicted molar refractivity (Wildman–Crippen MR) is 110 cm³/mol. The van der Waals surface area contributed by atoms with Crippen LogP contribution < -0.4 is 5.32 Å². The van der Waals surface area contributed by atoms with Crippen LogP contribution in [0.3, 0.4) is 0 Å². The van der Waals surface area contributed by atoms with Crippen molar-refractivity contribution in [3.8, 4) is 5.75 Å². The number of nitrogens with two attached hydrogens (primary N) is 1. The van der Waals surface area contributed by atoms with Crippen molar-refractivity contribution >= 4 is 11.8 Å². The van der Waals surface area contributed by atoms with E-state index in [4.69, 9.17) is 4.74 Å². The molecular weight excluding hydrogens is 354 g/mol. The van der Waals surface area contributed by atoms with Gasteiger partial charge in [0, 0.05) is 30.7 Å². The van der Waals surface area contributed by atoms with Gasteiger partial charge in [0.05, 0.1) is 13.1 Å². The van der Waals surface area contributed by atoms with Gasteiger partial charge in [-0.25, -0.2) is 4.79 Å². The number of carbonyl (C=O) groups excluding carboxylic acids is 2. The second kappa shape index (κ2) is 10.6. The summed E-state index contributed by atoms with van der Waals surface area (Å²) in [5.41, 5.74) is -0.0607. The van der Waals surface area contributed by atoms with Crippen LogP contribution in [0.5, 0.6) is 5.75 Å². The molecule has 5 heteroatoms. The number of aromatic hydroxyl groups is 1. The predicted octanol–water partition coefficient (Wildman–Crippen LogP) is 3.84. The van der Waals surface area contributed by atoms with Gasteiger partial charge in [0.2, 0.25) is 0 Å². The summed E-state index contributed by atoms with van der Waals surface area (Å²) in [6.07, 6.45) is 7.87. The van der Waals surface area contributed by atoms with Crippen molar-refractivity contribution in [2.24, 2.45) is 5.92 Å². The Morgan fingerprint density at radius 3 is 2.50 bits per heavy atom. The number of ether oxygens (including phenoxy) is 1. The third-order valence-corrected chi connectivity index (χ3v) is 5.82. The molecule has 1 aliphatic heterocycles. The van der Waals surface area contributed by atoms with Crippen LogP contribution in [0.15, 0.2) is 18.2 Å². The smallest absolute Gasteiger partial charge is 0.342 e. The van der Waals surface area contributed by atoms with E-state index in [0.717, 1.165) is 45.2 Å². The normalized spacial score (nSPS) is 15.4. The summed E-state index contributed by atoms with van der Waals surface area (Å²) in [5.74, 6) is -0.393. The van der Waals surface area contributed by atoms with Crippen LogP contribution in [0.25, 0.3) is 0 Å². The van der Waals surface area contributed by atoms with E-state index < -0.39 is 11.6 Å². The molecule has 5 nitrogen and oxygen atoms in total. The lowest BCUT2D eigenvalue weighted by atomic mass is 9.83. The topological polar surface area (TPSA) is 80.2 Å². The van der Waals surface area contributed by atoms with E-state index >= 15 is 0 Å². The van der Waals surface area contributed by atoms with Crippen LogP contribution in [-0.4, -0.2) is 35.5 Å². The van der Waals surface area contributed by atoms with Crippen LogP contribution in [-0.2, 0) is 4.74 Å². The minimum Gasteiger partial charge on any atom is -0.507 e. The first kappa shape index (κ1) is 22.4. The van der Waals surface area contributed by atoms with Crippen molar-refractivity contribution in [2.45, 2.75) is 77.7 Å². The maximum Gasteiger partial charge on any atom is 0.342 e. The molecule has 3 N–H and O–H groups in total. The summed E-state index contributed by atoms with van der Waals surface area (Å²) in [6.45, 7) is 8.11. The summed E-state index contributed by atoms with van der Waals surface area (Å²) in [5, 5.41) is 12.4. The number of rotatable bonds is 10. The molecule has 28 heavy (non-hydrogen) atoms. The lowest BCUT2D eigenvalue weighted by molar-refractivity contribution is -0.665. The molecule has 156 valence electrons. The second-order valence-electron chi connectivity index (χ2n) is 8.45. The van der Waals surface area contributed by atoms with Crippen LogP contribution in [0.1, 0.15) is 92.9 Å². The maximum atomic E-state index is 12.7. The second-order valence-corrected chi connectivity index (χ2v) is 8.45. The average Bonchev–Trinajstić information content (AvgIpc) is 2.68. The number of carbonyl (C=O) groups is 2. The number of quaternary nitrogens is 1. The zero-order valence-corrected chi connectivity index (χ0v) is 17.6.